The molecule has 11 heteroatoms. The number of fused-ring (bicyclic) bond motifs is 3. The van der Waals surface area contributed by atoms with Gasteiger partial charge in [-0.1, -0.05) is 6.92 Å². The largest absolute Gasteiger partial charge is 0.508 e. The Labute approximate surface area is 186 Å². The van der Waals surface area contributed by atoms with Gasteiger partial charge in [0.2, 0.25) is 5.78 Å². The number of carbonyl (C=O) groups is 3. The molecule has 6 N–H and O–H groups in total. The summed E-state index contributed by atoms with van der Waals surface area (Å²) in [5.74, 6) is -12.2. The van der Waals surface area contributed by atoms with Gasteiger partial charge in [-0.2, -0.15) is 0 Å². The summed E-state index contributed by atoms with van der Waals surface area (Å²) < 4.78 is 29.2. The Morgan fingerprint density at radius 1 is 1.15 bits per heavy atom. The van der Waals surface area contributed by atoms with E-state index in [-0.39, 0.29) is 5.56 Å². The molecule has 3 aliphatic rings. The molecule has 1 saturated carbocycles. The van der Waals surface area contributed by atoms with Gasteiger partial charge in [0.05, 0.1) is 23.6 Å². The van der Waals surface area contributed by atoms with Crippen molar-refractivity contribution in [1.29, 1.82) is 0 Å². The minimum absolute atomic E-state index is 0.278. The number of primary amides is 1. The molecule has 0 aromatic heterocycles. The summed E-state index contributed by atoms with van der Waals surface area (Å²) in [6.07, 6.45) is -1.80. The minimum atomic E-state index is -3.03. The molecule has 0 heterocycles. The molecule has 0 radical (unpaired) electrons. The quantitative estimate of drug-likeness (QED) is 0.384. The average Bonchev–Trinajstić information content (AvgIpc) is 2.72. The van der Waals surface area contributed by atoms with Crippen molar-refractivity contribution >= 4 is 23.2 Å². The third-order valence-electron chi connectivity index (χ3n) is 7.03. The second kappa shape index (κ2) is 7.17. The van der Waals surface area contributed by atoms with Gasteiger partial charge < -0.3 is 26.2 Å². The van der Waals surface area contributed by atoms with Crippen LogP contribution in [0.15, 0.2) is 29.0 Å². The normalized spacial score (nSPS) is 33.8. The van der Waals surface area contributed by atoms with Crippen LogP contribution in [0.25, 0.3) is 5.76 Å². The summed E-state index contributed by atoms with van der Waals surface area (Å²) in [6.45, 7) is 1.40. The van der Waals surface area contributed by atoms with Gasteiger partial charge in [0.1, 0.15) is 28.7 Å². The lowest BCUT2D eigenvalue weighted by molar-refractivity contribution is -0.169. The van der Waals surface area contributed by atoms with Gasteiger partial charge in [0.25, 0.3) is 5.91 Å². The number of rotatable bonds is 2. The van der Waals surface area contributed by atoms with Crippen LogP contribution in [0.3, 0.4) is 0 Å². The smallest absolute Gasteiger partial charge is 0.255 e. The number of Topliss-reactive ketones (excluding diaryl/α,β-unsaturated/α-hetero) is 2. The standard InChI is InChI=1S/C22H22F2N2O7/c1-6-9-7(23)4-5-8(24)11(9)16(27)12-10(6)17(28)14-15(26(2)3)18(29)13(21(25)32)20(31)22(14,33)19(12)30/h4-6,10,14-15,17,27-28,31,33H,1-3H3,(H2,25,32)/t6-,10+,14+,15-,17-,22-/m0/s1. The summed E-state index contributed by atoms with van der Waals surface area (Å²) >= 11 is 0. The first-order valence-corrected chi connectivity index (χ1v) is 10.1. The van der Waals surface area contributed by atoms with Gasteiger partial charge in [-0.25, -0.2) is 8.78 Å². The maximum absolute atomic E-state index is 14.7. The van der Waals surface area contributed by atoms with Crippen LogP contribution in [0.2, 0.25) is 0 Å². The van der Waals surface area contributed by atoms with Crippen LogP contribution in [0.1, 0.15) is 24.0 Å². The molecular weight excluding hydrogens is 442 g/mol. The van der Waals surface area contributed by atoms with Gasteiger partial charge in [0, 0.05) is 17.1 Å². The minimum Gasteiger partial charge on any atom is -0.508 e. The number of halogens is 2. The van der Waals surface area contributed by atoms with Crippen LogP contribution in [0.4, 0.5) is 8.78 Å². The van der Waals surface area contributed by atoms with Crippen molar-refractivity contribution in [2.24, 2.45) is 17.6 Å². The molecule has 0 spiro atoms. The van der Waals surface area contributed by atoms with E-state index in [0.29, 0.717) is 0 Å². The van der Waals surface area contributed by atoms with Crippen molar-refractivity contribution in [3.8, 4) is 0 Å². The number of hydrogen-bond acceptors (Lipinski definition) is 8. The Morgan fingerprint density at radius 2 is 1.73 bits per heavy atom. The van der Waals surface area contributed by atoms with Gasteiger partial charge in [-0.05, 0) is 32.1 Å². The Hall–Kier alpha value is -3.15. The lowest BCUT2D eigenvalue weighted by Gasteiger charge is -2.53. The first kappa shape index (κ1) is 23.0. The Bertz CT molecular complexity index is 1190. The lowest BCUT2D eigenvalue weighted by Crippen LogP contribution is -2.70. The van der Waals surface area contributed by atoms with E-state index in [2.05, 4.69) is 0 Å². The van der Waals surface area contributed by atoms with Crippen LogP contribution >= 0.6 is 0 Å². The number of aliphatic hydroxyl groups excluding tert-OH is 3. The van der Waals surface area contributed by atoms with Crippen LogP contribution < -0.4 is 5.73 Å². The molecule has 0 aliphatic heterocycles. The van der Waals surface area contributed by atoms with E-state index >= 15 is 0 Å². The SMILES string of the molecule is C[C@H]1c2c(F)ccc(F)c2C(O)=C2C(=O)[C@]3(O)C(O)=C(C(N)=O)C(=O)[C@@H](N(C)C)[C@@H]3[C@@H](O)[C@@H]21. The van der Waals surface area contributed by atoms with Crippen molar-refractivity contribution in [2.75, 3.05) is 14.1 Å². The highest BCUT2D eigenvalue weighted by atomic mass is 19.1. The van der Waals surface area contributed by atoms with Crippen LogP contribution in [-0.4, -0.2) is 74.6 Å². The molecular formula is C22H22F2N2O7. The summed E-state index contributed by atoms with van der Waals surface area (Å²) in [6, 6.07) is 0.113. The van der Waals surface area contributed by atoms with Crippen molar-refractivity contribution < 1.29 is 43.6 Å². The Balaban J connectivity index is 2.08. The first-order chi connectivity index (χ1) is 15.3. The average molecular weight is 464 g/mol. The molecule has 1 amide bonds. The molecule has 0 saturated heterocycles. The zero-order valence-electron chi connectivity index (χ0n) is 17.8. The third-order valence-corrected chi connectivity index (χ3v) is 7.03. The molecule has 4 rings (SSSR count). The summed E-state index contributed by atoms with van der Waals surface area (Å²) in [5, 5.41) is 44.3. The van der Waals surface area contributed by atoms with Gasteiger partial charge in [-0.3, -0.25) is 19.3 Å². The second-order valence-electron chi connectivity index (χ2n) is 8.87. The number of amides is 1. The predicted molar refractivity (Wildman–Crippen MR) is 109 cm³/mol. The molecule has 3 aliphatic carbocycles. The molecule has 1 aromatic carbocycles. The number of ketones is 2. The number of likely N-dealkylation sites (N-methyl/N-ethyl adjacent to an activating group) is 1. The Morgan fingerprint density at radius 3 is 2.27 bits per heavy atom. The van der Waals surface area contributed by atoms with Crippen LogP contribution in [-0.2, 0) is 14.4 Å². The summed E-state index contributed by atoms with van der Waals surface area (Å²) in [5.41, 5.74) is -0.365. The summed E-state index contributed by atoms with van der Waals surface area (Å²) in [7, 11) is 2.78. The van der Waals surface area contributed by atoms with Gasteiger partial charge >= 0.3 is 0 Å². The second-order valence-corrected chi connectivity index (χ2v) is 8.87. The molecule has 1 aromatic rings. The number of carbonyl (C=O) groups excluding carboxylic acids is 3. The van der Waals surface area contributed by atoms with E-state index in [4.69, 9.17) is 5.73 Å². The molecule has 9 nitrogen and oxygen atoms in total. The fourth-order valence-electron chi connectivity index (χ4n) is 5.62. The fourth-order valence-corrected chi connectivity index (χ4v) is 5.62. The molecule has 1 fully saturated rings. The molecule has 0 bridgehead atoms. The van der Waals surface area contributed by atoms with Crippen LogP contribution in [0.5, 0.6) is 0 Å². The highest BCUT2D eigenvalue weighted by molar-refractivity contribution is 6.24. The van der Waals surface area contributed by atoms with E-state index in [0.717, 1.165) is 12.1 Å². The van der Waals surface area contributed by atoms with Gasteiger partial charge in [0.15, 0.2) is 11.4 Å². The van der Waals surface area contributed by atoms with Crippen LogP contribution in [0, 0.1) is 23.5 Å². The zero-order chi connectivity index (χ0) is 24.7. The van der Waals surface area contributed by atoms with Gasteiger partial charge in [-0.15, -0.1) is 0 Å². The van der Waals surface area contributed by atoms with Crippen molar-refractivity contribution in [3.63, 3.8) is 0 Å². The summed E-state index contributed by atoms with van der Waals surface area (Å²) in [4.78, 5) is 39.8. The number of nitrogens with two attached hydrogens (primary N) is 1. The lowest BCUT2D eigenvalue weighted by atomic mass is 9.54. The van der Waals surface area contributed by atoms with E-state index in [9.17, 15) is 43.6 Å². The molecule has 0 unspecified atom stereocenters. The highest BCUT2D eigenvalue weighted by Crippen LogP contribution is 2.55. The number of benzene rings is 1. The molecule has 6 atom stereocenters. The number of aliphatic hydroxyl groups is 4. The monoisotopic (exact) mass is 464 g/mol. The fraction of sp³-hybridized carbons (Fsp3) is 0.409. The van der Waals surface area contributed by atoms with E-state index in [1.807, 2.05) is 0 Å². The maximum Gasteiger partial charge on any atom is 0.255 e. The number of hydrogen-bond donors (Lipinski definition) is 5. The molecule has 33 heavy (non-hydrogen) atoms. The Kier molecular flexibility index (Phi) is 5.00. The first-order valence-electron chi connectivity index (χ1n) is 10.1. The predicted octanol–water partition coefficient (Wildman–Crippen LogP) is 0.0684. The third kappa shape index (κ3) is 2.69. The number of nitrogens with zero attached hydrogens (tertiary/aromatic N) is 1. The van der Waals surface area contributed by atoms with E-state index in [1.54, 1.807) is 0 Å². The van der Waals surface area contributed by atoms with E-state index in [1.165, 1.54) is 25.9 Å². The topological polar surface area (TPSA) is 161 Å². The molecule has 176 valence electrons. The van der Waals surface area contributed by atoms with Crippen molar-refractivity contribution in [2.45, 2.75) is 30.6 Å². The van der Waals surface area contributed by atoms with Crippen molar-refractivity contribution in [1.82, 2.24) is 4.90 Å². The maximum atomic E-state index is 14.7. The van der Waals surface area contributed by atoms with E-state index < -0.39 is 92.8 Å². The highest BCUT2D eigenvalue weighted by Gasteiger charge is 2.68. The zero-order valence-corrected chi connectivity index (χ0v) is 17.8. The van der Waals surface area contributed by atoms with Crippen molar-refractivity contribution in [3.05, 3.63) is 51.8 Å².